The summed E-state index contributed by atoms with van der Waals surface area (Å²) in [7, 11) is 4.32. The van der Waals surface area contributed by atoms with Crippen LogP contribution in [0.3, 0.4) is 0 Å². The molecular weight excluding hydrogens is 210 g/mol. The molecule has 17 heavy (non-hydrogen) atoms. The van der Waals surface area contributed by atoms with Crippen LogP contribution in [0.4, 0.5) is 11.4 Å². The summed E-state index contributed by atoms with van der Waals surface area (Å²) in [6.45, 7) is 4.33. The van der Waals surface area contributed by atoms with Gasteiger partial charge in [-0.3, -0.25) is 0 Å². The molecule has 0 spiro atoms. The fourth-order valence-electron chi connectivity index (χ4n) is 2.52. The highest BCUT2D eigenvalue weighted by Crippen LogP contribution is 2.28. The van der Waals surface area contributed by atoms with Gasteiger partial charge in [-0.25, -0.2) is 0 Å². The molecule has 0 aromatic heterocycles. The Morgan fingerprint density at radius 1 is 1.35 bits per heavy atom. The number of piperidine rings is 1. The maximum absolute atomic E-state index is 6.09. The Bertz CT molecular complexity index is 387. The largest absolute Gasteiger partial charge is 0.397 e. The molecule has 0 aliphatic carbocycles. The standard InChI is InChI=1S/C14H23N3/c1-11-6-7-13(15)14(9-11)17-8-4-5-12(10-17)16(2)3/h6-7,9,12H,4-5,8,10,15H2,1-3H3. The predicted octanol–water partition coefficient (Wildman–Crippen LogP) is 2.11. The first kappa shape index (κ1) is 12.2. The van der Waals surface area contributed by atoms with Crippen LogP contribution in [0.1, 0.15) is 18.4 Å². The van der Waals surface area contributed by atoms with Gasteiger partial charge in [0.15, 0.2) is 0 Å². The molecule has 2 rings (SSSR count). The zero-order chi connectivity index (χ0) is 12.4. The Hall–Kier alpha value is -1.22. The number of likely N-dealkylation sites (N-methyl/N-ethyl adjacent to an activating group) is 1. The van der Waals surface area contributed by atoms with Crippen molar-refractivity contribution in [2.24, 2.45) is 0 Å². The number of benzene rings is 1. The van der Waals surface area contributed by atoms with Crippen LogP contribution in [0.15, 0.2) is 18.2 Å². The van der Waals surface area contributed by atoms with Gasteiger partial charge in [0, 0.05) is 19.1 Å². The van der Waals surface area contributed by atoms with Crippen LogP contribution in [0.5, 0.6) is 0 Å². The molecule has 0 saturated carbocycles. The van der Waals surface area contributed by atoms with E-state index >= 15 is 0 Å². The van der Waals surface area contributed by atoms with Crippen LogP contribution in [-0.2, 0) is 0 Å². The van der Waals surface area contributed by atoms with Gasteiger partial charge in [0.2, 0.25) is 0 Å². The first-order chi connectivity index (χ1) is 8.08. The highest BCUT2D eigenvalue weighted by molar-refractivity contribution is 5.68. The minimum Gasteiger partial charge on any atom is -0.397 e. The predicted molar refractivity (Wildman–Crippen MR) is 74.5 cm³/mol. The molecule has 3 heteroatoms. The molecule has 0 amide bonds. The highest BCUT2D eigenvalue weighted by atomic mass is 15.2. The Kier molecular flexibility index (Phi) is 3.57. The molecule has 1 aromatic rings. The summed E-state index contributed by atoms with van der Waals surface area (Å²) < 4.78 is 0. The molecule has 1 heterocycles. The van der Waals surface area contributed by atoms with Crippen molar-refractivity contribution < 1.29 is 0 Å². The van der Waals surface area contributed by atoms with E-state index in [4.69, 9.17) is 5.73 Å². The molecule has 0 radical (unpaired) electrons. The fraction of sp³-hybridized carbons (Fsp3) is 0.571. The maximum atomic E-state index is 6.09. The van der Waals surface area contributed by atoms with E-state index in [9.17, 15) is 0 Å². The van der Waals surface area contributed by atoms with Gasteiger partial charge in [-0.1, -0.05) is 6.07 Å². The fourth-order valence-corrected chi connectivity index (χ4v) is 2.52. The van der Waals surface area contributed by atoms with Gasteiger partial charge in [-0.15, -0.1) is 0 Å². The molecular formula is C14H23N3. The summed E-state index contributed by atoms with van der Waals surface area (Å²) in [6.07, 6.45) is 2.53. The number of rotatable bonds is 2. The van der Waals surface area contributed by atoms with Crippen LogP contribution in [0.25, 0.3) is 0 Å². The molecule has 2 N–H and O–H groups in total. The number of anilines is 2. The highest BCUT2D eigenvalue weighted by Gasteiger charge is 2.22. The zero-order valence-corrected chi connectivity index (χ0v) is 11.1. The molecule has 1 aliphatic rings. The Morgan fingerprint density at radius 2 is 2.12 bits per heavy atom. The second-order valence-electron chi connectivity index (χ2n) is 5.27. The smallest absolute Gasteiger partial charge is 0.0603 e. The van der Waals surface area contributed by atoms with Crippen LogP contribution in [0, 0.1) is 6.92 Å². The summed E-state index contributed by atoms with van der Waals surface area (Å²) in [5.74, 6) is 0. The molecule has 0 bridgehead atoms. The Balaban J connectivity index is 2.18. The monoisotopic (exact) mass is 233 g/mol. The van der Waals surface area contributed by atoms with E-state index in [1.807, 2.05) is 6.07 Å². The van der Waals surface area contributed by atoms with Crippen LogP contribution < -0.4 is 10.6 Å². The molecule has 1 atom stereocenters. The Morgan fingerprint density at radius 3 is 2.82 bits per heavy atom. The minimum atomic E-state index is 0.642. The van der Waals surface area contributed by atoms with Crippen molar-refractivity contribution >= 4 is 11.4 Å². The van der Waals surface area contributed by atoms with Crippen LogP contribution in [-0.4, -0.2) is 38.1 Å². The third-order valence-electron chi connectivity index (χ3n) is 3.65. The van der Waals surface area contributed by atoms with E-state index in [2.05, 4.69) is 43.0 Å². The van der Waals surface area contributed by atoms with Crippen molar-refractivity contribution in [3.63, 3.8) is 0 Å². The molecule has 1 aliphatic heterocycles. The lowest BCUT2D eigenvalue weighted by molar-refractivity contribution is 0.258. The average Bonchev–Trinajstić information content (AvgIpc) is 2.32. The second-order valence-corrected chi connectivity index (χ2v) is 5.27. The number of aryl methyl sites for hydroxylation is 1. The SMILES string of the molecule is Cc1ccc(N)c(N2CCCC(N(C)C)C2)c1. The van der Waals surface area contributed by atoms with Gasteiger partial charge in [0.25, 0.3) is 0 Å². The van der Waals surface area contributed by atoms with E-state index in [1.165, 1.54) is 24.1 Å². The van der Waals surface area contributed by atoms with Gasteiger partial charge in [-0.05, 0) is 51.6 Å². The van der Waals surface area contributed by atoms with Gasteiger partial charge in [-0.2, -0.15) is 0 Å². The van der Waals surface area contributed by atoms with Crippen molar-refractivity contribution in [3.05, 3.63) is 23.8 Å². The summed E-state index contributed by atoms with van der Waals surface area (Å²) >= 11 is 0. The summed E-state index contributed by atoms with van der Waals surface area (Å²) in [4.78, 5) is 4.74. The lowest BCUT2D eigenvalue weighted by Crippen LogP contribution is -2.45. The molecule has 94 valence electrons. The molecule has 1 fully saturated rings. The molecule has 1 saturated heterocycles. The number of hydrogen-bond donors (Lipinski definition) is 1. The third-order valence-corrected chi connectivity index (χ3v) is 3.65. The van der Waals surface area contributed by atoms with Crippen LogP contribution in [0.2, 0.25) is 0 Å². The number of nitrogen functional groups attached to an aromatic ring is 1. The quantitative estimate of drug-likeness (QED) is 0.794. The van der Waals surface area contributed by atoms with Crippen LogP contribution >= 0.6 is 0 Å². The minimum absolute atomic E-state index is 0.642. The van der Waals surface area contributed by atoms with E-state index in [-0.39, 0.29) is 0 Å². The second kappa shape index (κ2) is 4.96. The Labute approximate surface area is 104 Å². The molecule has 3 nitrogen and oxygen atoms in total. The molecule has 1 aromatic carbocycles. The van der Waals surface area contributed by atoms with Crippen molar-refractivity contribution in [3.8, 4) is 0 Å². The normalized spacial score (nSPS) is 20.9. The summed E-state index contributed by atoms with van der Waals surface area (Å²) in [6, 6.07) is 6.94. The summed E-state index contributed by atoms with van der Waals surface area (Å²) in [5.41, 5.74) is 9.47. The van der Waals surface area contributed by atoms with Crippen molar-refractivity contribution in [2.75, 3.05) is 37.8 Å². The number of nitrogens with two attached hydrogens (primary N) is 1. The van der Waals surface area contributed by atoms with Gasteiger partial charge < -0.3 is 15.5 Å². The lowest BCUT2D eigenvalue weighted by atomic mass is 10.0. The van der Waals surface area contributed by atoms with Gasteiger partial charge >= 0.3 is 0 Å². The van der Waals surface area contributed by atoms with Crippen molar-refractivity contribution in [1.29, 1.82) is 0 Å². The van der Waals surface area contributed by atoms with E-state index in [0.717, 1.165) is 18.8 Å². The molecule has 1 unspecified atom stereocenters. The third kappa shape index (κ3) is 2.72. The zero-order valence-electron chi connectivity index (χ0n) is 11.1. The van der Waals surface area contributed by atoms with E-state index in [0.29, 0.717) is 6.04 Å². The summed E-state index contributed by atoms with van der Waals surface area (Å²) in [5, 5.41) is 0. The lowest BCUT2D eigenvalue weighted by Gasteiger charge is -2.38. The average molecular weight is 233 g/mol. The first-order valence-corrected chi connectivity index (χ1v) is 6.35. The topological polar surface area (TPSA) is 32.5 Å². The van der Waals surface area contributed by atoms with Gasteiger partial charge in [0.1, 0.15) is 0 Å². The van der Waals surface area contributed by atoms with E-state index < -0.39 is 0 Å². The number of nitrogens with zero attached hydrogens (tertiary/aromatic N) is 2. The maximum Gasteiger partial charge on any atom is 0.0603 e. The van der Waals surface area contributed by atoms with Crippen molar-refractivity contribution in [2.45, 2.75) is 25.8 Å². The van der Waals surface area contributed by atoms with Gasteiger partial charge in [0.05, 0.1) is 11.4 Å². The first-order valence-electron chi connectivity index (χ1n) is 6.35. The van der Waals surface area contributed by atoms with E-state index in [1.54, 1.807) is 0 Å². The number of hydrogen-bond acceptors (Lipinski definition) is 3. The van der Waals surface area contributed by atoms with Crippen molar-refractivity contribution in [1.82, 2.24) is 4.90 Å².